The van der Waals surface area contributed by atoms with E-state index in [4.69, 9.17) is 0 Å². The van der Waals surface area contributed by atoms with Crippen LogP contribution >= 0.6 is 0 Å². The highest BCUT2D eigenvalue weighted by atomic mass is 16.2. The van der Waals surface area contributed by atoms with Gasteiger partial charge in [0.25, 0.3) is 0 Å². The van der Waals surface area contributed by atoms with E-state index in [2.05, 4.69) is 26.1 Å². The third kappa shape index (κ3) is 2.41. The summed E-state index contributed by atoms with van der Waals surface area (Å²) in [4.78, 5) is 11.9. The molecule has 0 bridgehead atoms. The summed E-state index contributed by atoms with van der Waals surface area (Å²) < 4.78 is 0. The van der Waals surface area contributed by atoms with Gasteiger partial charge in [0.1, 0.15) is 0 Å². The largest absolute Gasteiger partial charge is 0.353 e. The minimum absolute atomic E-state index is 0.279. The van der Waals surface area contributed by atoms with E-state index in [1.165, 1.54) is 19.3 Å². The van der Waals surface area contributed by atoms with Crippen LogP contribution in [0.5, 0.6) is 0 Å². The molecule has 1 amide bonds. The monoisotopic (exact) mass is 223 g/mol. The van der Waals surface area contributed by atoms with E-state index in [1.54, 1.807) is 0 Å². The van der Waals surface area contributed by atoms with Crippen molar-refractivity contribution in [2.45, 2.75) is 58.9 Å². The van der Waals surface area contributed by atoms with Crippen LogP contribution in [0.1, 0.15) is 52.9 Å². The molecular weight excluding hydrogens is 198 g/mol. The molecule has 1 saturated carbocycles. The number of rotatable bonds is 1. The van der Waals surface area contributed by atoms with Gasteiger partial charge in [0.2, 0.25) is 5.91 Å². The summed E-state index contributed by atoms with van der Waals surface area (Å²) in [5, 5.41) is 3.27. The predicted molar refractivity (Wildman–Crippen MR) is 66.0 cm³/mol. The first-order valence-corrected chi connectivity index (χ1v) is 6.90. The van der Waals surface area contributed by atoms with Crippen LogP contribution in [-0.4, -0.2) is 11.9 Å². The maximum Gasteiger partial charge on any atom is 0.223 e. The number of nitrogens with one attached hydrogen (secondary N) is 1. The molecule has 2 aliphatic rings. The number of fused-ring (bicyclic) bond motifs is 1. The minimum Gasteiger partial charge on any atom is -0.353 e. The zero-order valence-electron chi connectivity index (χ0n) is 10.8. The third-order valence-corrected chi connectivity index (χ3v) is 4.51. The molecule has 0 radical (unpaired) electrons. The van der Waals surface area contributed by atoms with Gasteiger partial charge >= 0.3 is 0 Å². The van der Waals surface area contributed by atoms with Crippen LogP contribution in [0.25, 0.3) is 0 Å². The van der Waals surface area contributed by atoms with Gasteiger partial charge in [-0.1, -0.05) is 20.8 Å². The molecule has 16 heavy (non-hydrogen) atoms. The van der Waals surface area contributed by atoms with E-state index in [0.29, 0.717) is 11.9 Å². The van der Waals surface area contributed by atoms with Gasteiger partial charge in [-0.25, -0.2) is 0 Å². The molecule has 0 aromatic carbocycles. The molecule has 1 N–H and O–H groups in total. The highest BCUT2D eigenvalue weighted by Gasteiger charge is 2.37. The van der Waals surface area contributed by atoms with Crippen molar-refractivity contribution in [3.05, 3.63) is 0 Å². The maximum atomic E-state index is 11.9. The van der Waals surface area contributed by atoms with Crippen LogP contribution in [0.4, 0.5) is 0 Å². The van der Waals surface area contributed by atoms with E-state index in [0.717, 1.165) is 30.6 Å². The number of carbonyl (C=O) groups is 1. The summed E-state index contributed by atoms with van der Waals surface area (Å²) >= 11 is 0. The second-order valence-corrected chi connectivity index (χ2v) is 6.13. The Morgan fingerprint density at radius 2 is 1.81 bits per heavy atom. The quantitative estimate of drug-likeness (QED) is 0.727. The molecule has 2 rings (SSSR count). The molecular formula is C14H25NO. The van der Waals surface area contributed by atoms with Crippen molar-refractivity contribution in [3.63, 3.8) is 0 Å². The lowest BCUT2D eigenvalue weighted by Gasteiger charge is -2.36. The predicted octanol–water partition coefficient (Wildman–Crippen LogP) is 2.97. The molecule has 5 atom stereocenters. The van der Waals surface area contributed by atoms with Crippen molar-refractivity contribution in [3.8, 4) is 0 Å². The Labute approximate surface area is 99.2 Å². The molecule has 0 aromatic heterocycles. The second-order valence-electron chi connectivity index (χ2n) is 6.13. The molecule has 2 heteroatoms. The zero-order chi connectivity index (χ0) is 11.7. The summed E-state index contributed by atoms with van der Waals surface area (Å²) in [6.07, 6.45) is 5.96. The average Bonchev–Trinajstić information content (AvgIpc) is 2.33. The second kappa shape index (κ2) is 4.77. The number of amides is 1. The average molecular weight is 223 g/mol. The summed E-state index contributed by atoms with van der Waals surface area (Å²) in [5.74, 6) is 2.93. The van der Waals surface area contributed by atoms with Gasteiger partial charge in [-0.2, -0.15) is 0 Å². The molecule has 2 nitrogen and oxygen atoms in total. The van der Waals surface area contributed by atoms with Crippen LogP contribution in [0.2, 0.25) is 0 Å². The molecule has 0 aromatic rings. The van der Waals surface area contributed by atoms with E-state index in [1.807, 2.05) is 0 Å². The molecule has 5 unspecified atom stereocenters. The fourth-order valence-electron chi connectivity index (χ4n) is 3.75. The van der Waals surface area contributed by atoms with Gasteiger partial charge in [-0.05, 0) is 49.9 Å². The van der Waals surface area contributed by atoms with Crippen molar-refractivity contribution >= 4 is 5.91 Å². The van der Waals surface area contributed by atoms with Crippen LogP contribution in [0, 0.1) is 23.7 Å². The maximum absolute atomic E-state index is 11.9. The summed E-state index contributed by atoms with van der Waals surface area (Å²) in [6, 6.07) is 0.468. The standard InChI is InChI=1S/C14H25NO/c1-4-11-8-12-6-9(2)5-10(3)7-13(12)15-14(11)16/h9-13H,4-8H2,1-3H3,(H,15,16). The molecule has 92 valence electrons. The Hall–Kier alpha value is -0.530. The number of hydrogen-bond acceptors (Lipinski definition) is 1. The summed E-state index contributed by atoms with van der Waals surface area (Å²) in [5.41, 5.74) is 0. The van der Waals surface area contributed by atoms with Crippen molar-refractivity contribution in [1.82, 2.24) is 5.32 Å². The number of piperidine rings is 1. The van der Waals surface area contributed by atoms with Crippen molar-refractivity contribution in [2.75, 3.05) is 0 Å². The van der Waals surface area contributed by atoms with Crippen molar-refractivity contribution < 1.29 is 4.79 Å². The highest BCUT2D eigenvalue weighted by Crippen LogP contribution is 2.37. The number of carbonyl (C=O) groups excluding carboxylic acids is 1. The first kappa shape index (κ1) is 11.9. The fourth-order valence-corrected chi connectivity index (χ4v) is 3.75. The van der Waals surface area contributed by atoms with Gasteiger partial charge in [-0.15, -0.1) is 0 Å². The van der Waals surface area contributed by atoms with Crippen molar-refractivity contribution in [1.29, 1.82) is 0 Å². The van der Waals surface area contributed by atoms with Gasteiger partial charge in [-0.3, -0.25) is 4.79 Å². The number of hydrogen-bond donors (Lipinski definition) is 1. The van der Waals surface area contributed by atoms with Crippen LogP contribution in [0.15, 0.2) is 0 Å². The Kier molecular flexibility index (Phi) is 3.56. The minimum atomic E-state index is 0.279. The van der Waals surface area contributed by atoms with E-state index in [-0.39, 0.29) is 5.92 Å². The fraction of sp³-hybridized carbons (Fsp3) is 0.929. The lowest BCUT2D eigenvalue weighted by molar-refractivity contribution is -0.129. The molecule has 1 aliphatic heterocycles. The first-order chi connectivity index (χ1) is 7.60. The Balaban J connectivity index is 2.08. The smallest absolute Gasteiger partial charge is 0.223 e. The normalized spacial score (nSPS) is 44.4. The lowest BCUT2D eigenvalue weighted by Crippen LogP contribution is -2.49. The van der Waals surface area contributed by atoms with Crippen molar-refractivity contribution in [2.24, 2.45) is 23.7 Å². The van der Waals surface area contributed by atoms with E-state index < -0.39 is 0 Å². The Morgan fingerprint density at radius 1 is 1.12 bits per heavy atom. The van der Waals surface area contributed by atoms with Crippen LogP contribution in [-0.2, 0) is 4.79 Å². The third-order valence-electron chi connectivity index (χ3n) is 4.51. The molecule has 1 saturated heterocycles. The summed E-state index contributed by atoms with van der Waals surface area (Å²) in [7, 11) is 0. The lowest BCUT2D eigenvalue weighted by atomic mass is 9.79. The first-order valence-electron chi connectivity index (χ1n) is 6.90. The molecule has 1 heterocycles. The van der Waals surface area contributed by atoms with Gasteiger partial charge < -0.3 is 5.32 Å². The van der Waals surface area contributed by atoms with Crippen LogP contribution in [0.3, 0.4) is 0 Å². The molecule has 2 fully saturated rings. The molecule has 0 spiro atoms. The van der Waals surface area contributed by atoms with E-state index >= 15 is 0 Å². The topological polar surface area (TPSA) is 29.1 Å². The SMILES string of the molecule is CCC1CC2CC(C)CC(C)CC2NC1=O. The summed E-state index contributed by atoms with van der Waals surface area (Å²) in [6.45, 7) is 6.83. The Bertz CT molecular complexity index is 263. The molecule has 1 aliphatic carbocycles. The van der Waals surface area contributed by atoms with Gasteiger partial charge in [0.15, 0.2) is 0 Å². The zero-order valence-corrected chi connectivity index (χ0v) is 10.8. The Morgan fingerprint density at radius 3 is 2.50 bits per heavy atom. The van der Waals surface area contributed by atoms with Gasteiger partial charge in [0, 0.05) is 12.0 Å². The van der Waals surface area contributed by atoms with E-state index in [9.17, 15) is 4.79 Å². The van der Waals surface area contributed by atoms with Gasteiger partial charge in [0.05, 0.1) is 0 Å². The highest BCUT2D eigenvalue weighted by molar-refractivity contribution is 5.79. The van der Waals surface area contributed by atoms with Crippen LogP contribution < -0.4 is 5.32 Å².